The largest absolute Gasteiger partial charge is 0.372 e. The number of hydrogen-bond acceptors (Lipinski definition) is 7. The molecule has 3 heterocycles. The van der Waals surface area contributed by atoms with Crippen molar-refractivity contribution in [3.8, 4) is 11.3 Å². The lowest BCUT2D eigenvalue weighted by Gasteiger charge is -2.32. The van der Waals surface area contributed by atoms with Crippen LogP contribution < -0.4 is 21.8 Å². The van der Waals surface area contributed by atoms with Crippen LogP contribution >= 0.6 is 0 Å². The van der Waals surface area contributed by atoms with Crippen LogP contribution in [0.2, 0.25) is 0 Å². The lowest BCUT2D eigenvalue weighted by atomic mass is 10.0. The molecule has 0 amide bonds. The zero-order valence-electron chi connectivity index (χ0n) is 15.7. The number of nitrogens with one attached hydrogen (secondary N) is 3. The number of nitrogens with zero attached hydrogens (tertiary/aromatic N) is 3. The van der Waals surface area contributed by atoms with Crippen molar-refractivity contribution in [1.29, 1.82) is 0 Å². The first-order valence-electron chi connectivity index (χ1n) is 9.47. The lowest BCUT2D eigenvalue weighted by Crippen LogP contribution is -2.52. The Bertz CT molecular complexity index is 883. The van der Waals surface area contributed by atoms with Crippen LogP contribution in [-0.4, -0.2) is 35.8 Å². The van der Waals surface area contributed by atoms with Gasteiger partial charge in [-0.2, -0.15) is 0 Å². The molecule has 5 N–H and O–H groups in total. The predicted molar refractivity (Wildman–Crippen MR) is 112 cm³/mol. The second-order valence-electron chi connectivity index (χ2n) is 6.80. The van der Waals surface area contributed by atoms with Crippen LogP contribution in [0.5, 0.6) is 0 Å². The summed E-state index contributed by atoms with van der Waals surface area (Å²) in [5, 5.41) is 8.90. The van der Waals surface area contributed by atoms with Gasteiger partial charge in [-0.05, 0) is 30.7 Å². The highest BCUT2D eigenvalue weighted by Crippen LogP contribution is 2.25. The Labute approximate surface area is 165 Å². The van der Waals surface area contributed by atoms with Gasteiger partial charge in [0.05, 0.1) is 5.69 Å². The van der Waals surface area contributed by atoms with Crippen LogP contribution in [0.4, 0.5) is 0 Å². The van der Waals surface area contributed by atoms with Crippen LogP contribution in [-0.2, 0) is 5.79 Å². The number of hydrogen-bond donors (Lipinski definition) is 4. The van der Waals surface area contributed by atoms with E-state index >= 15 is 0 Å². The first-order chi connectivity index (χ1) is 13.7. The summed E-state index contributed by atoms with van der Waals surface area (Å²) >= 11 is 0. The molecule has 1 atom stereocenters. The Kier molecular flexibility index (Phi) is 5.36. The summed E-state index contributed by atoms with van der Waals surface area (Å²) in [6.45, 7) is 2.77. The van der Waals surface area contributed by atoms with E-state index in [1.807, 2.05) is 54.7 Å². The van der Waals surface area contributed by atoms with Crippen molar-refractivity contribution in [2.45, 2.75) is 12.2 Å². The normalized spacial score (nSPS) is 21.1. The van der Waals surface area contributed by atoms with Crippen LogP contribution in [0.1, 0.15) is 12.0 Å². The van der Waals surface area contributed by atoms with E-state index in [1.54, 1.807) is 12.4 Å². The SMILES string of the molecule is NC1(c2cccc(-c3ccccn3)c2)N=CC=C(NCCCN2CC=CN2)N1. The molecule has 0 aliphatic carbocycles. The third-order valence-corrected chi connectivity index (χ3v) is 4.73. The average Bonchev–Trinajstić information content (AvgIpc) is 3.26. The maximum atomic E-state index is 6.58. The quantitative estimate of drug-likeness (QED) is 0.550. The molecular weight excluding hydrogens is 350 g/mol. The molecule has 2 aromatic rings. The number of allylic oxidation sites excluding steroid dienone is 1. The maximum Gasteiger partial charge on any atom is 0.210 e. The zero-order valence-corrected chi connectivity index (χ0v) is 15.7. The Hall–Kier alpha value is -3.16. The molecule has 2 aliphatic heterocycles. The Morgan fingerprint density at radius 3 is 3.00 bits per heavy atom. The fourth-order valence-corrected chi connectivity index (χ4v) is 3.25. The van der Waals surface area contributed by atoms with E-state index in [0.717, 1.165) is 48.7 Å². The maximum absolute atomic E-state index is 6.58. The highest BCUT2D eigenvalue weighted by Gasteiger charge is 2.28. The van der Waals surface area contributed by atoms with E-state index in [4.69, 9.17) is 5.73 Å². The first-order valence-corrected chi connectivity index (χ1v) is 9.47. The second kappa shape index (κ2) is 8.24. The lowest BCUT2D eigenvalue weighted by molar-refractivity contribution is 0.262. The number of aromatic nitrogens is 1. The Morgan fingerprint density at radius 1 is 1.21 bits per heavy atom. The number of aliphatic imine (C=N–C) groups is 1. The van der Waals surface area contributed by atoms with Crippen LogP contribution in [0.25, 0.3) is 11.3 Å². The molecule has 0 spiro atoms. The molecule has 1 aromatic carbocycles. The van der Waals surface area contributed by atoms with Gasteiger partial charge in [0.2, 0.25) is 5.79 Å². The molecular formula is C21H25N7. The summed E-state index contributed by atoms with van der Waals surface area (Å²) in [6.07, 6.45) is 10.5. The number of rotatable bonds is 7. The highest BCUT2D eigenvalue weighted by molar-refractivity contribution is 5.74. The summed E-state index contributed by atoms with van der Waals surface area (Å²) in [4.78, 5) is 8.90. The number of nitrogens with two attached hydrogens (primary N) is 1. The van der Waals surface area contributed by atoms with Crippen LogP contribution in [0.15, 0.2) is 77.8 Å². The molecule has 0 fully saturated rings. The smallest absolute Gasteiger partial charge is 0.210 e. The number of benzene rings is 1. The van der Waals surface area contributed by atoms with Gasteiger partial charge in [0.25, 0.3) is 0 Å². The third-order valence-electron chi connectivity index (χ3n) is 4.73. The van der Waals surface area contributed by atoms with E-state index in [2.05, 4.69) is 37.1 Å². The molecule has 7 heteroatoms. The third kappa shape index (κ3) is 4.21. The highest BCUT2D eigenvalue weighted by atomic mass is 15.5. The summed E-state index contributed by atoms with van der Waals surface area (Å²) in [5.41, 5.74) is 12.6. The van der Waals surface area contributed by atoms with Gasteiger partial charge < -0.3 is 16.1 Å². The molecule has 0 bridgehead atoms. The van der Waals surface area contributed by atoms with Crippen LogP contribution in [0.3, 0.4) is 0 Å². The van der Waals surface area contributed by atoms with Crippen LogP contribution in [0, 0.1) is 0 Å². The minimum atomic E-state index is -1.01. The minimum Gasteiger partial charge on any atom is -0.372 e. The van der Waals surface area contributed by atoms with Gasteiger partial charge in [0.1, 0.15) is 5.82 Å². The topological polar surface area (TPSA) is 90.6 Å². The van der Waals surface area contributed by atoms with E-state index in [0.29, 0.717) is 0 Å². The van der Waals surface area contributed by atoms with Crippen molar-refractivity contribution >= 4 is 6.21 Å². The van der Waals surface area contributed by atoms with Gasteiger partial charge in [-0.15, -0.1) is 0 Å². The van der Waals surface area contributed by atoms with Crippen molar-refractivity contribution in [2.75, 3.05) is 19.6 Å². The van der Waals surface area contributed by atoms with Gasteiger partial charge in [-0.25, -0.2) is 10.0 Å². The monoisotopic (exact) mass is 375 g/mol. The van der Waals surface area contributed by atoms with E-state index in [9.17, 15) is 0 Å². The van der Waals surface area contributed by atoms with Gasteiger partial charge in [-0.3, -0.25) is 10.7 Å². The van der Waals surface area contributed by atoms with E-state index in [1.165, 1.54) is 0 Å². The summed E-state index contributed by atoms with van der Waals surface area (Å²) in [5.74, 6) is -0.143. The van der Waals surface area contributed by atoms with Crippen molar-refractivity contribution in [2.24, 2.45) is 10.7 Å². The average molecular weight is 375 g/mol. The van der Waals surface area contributed by atoms with Gasteiger partial charge >= 0.3 is 0 Å². The Balaban J connectivity index is 1.38. The molecule has 0 saturated heterocycles. The fraction of sp³-hybridized carbons (Fsp3) is 0.238. The molecule has 1 aromatic heterocycles. The van der Waals surface area contributed by atoms with Crippen molar-refractivity contribution in [3.63, 3.8) is 0 Å². The molecule has 7 nitrogen and oxygen atoms in total. The molecule has 0 radical (unpaired) electrons. The van der Waals surface area contributed by atoms with Crippen molar-refractivity contribution in [3.05, 3.63) is 78.4 Å². The molecule has 1 unspecified atom stereocenters. The number of pyridine rings is 1. The van der Waals surface area contributed by atoms with Gasteiger partial charge in [0, 0.05) is 49.4 Å². The summed E-state index contributed by atoms with van der Waals surface area (Å²) in [6, 6.07) is 13.9. The predicted octanol–water partition coefficient (Wildman–Crippen LogP) is 1.65. The second-order valence-corrected chi connectivity index (χ2v) is 6.80. The Morgan fingerprint density at radius 2 is 2.18 bits per heavy atom. The van der Waals surface area contributed by atoms with Crippen molar-refractivity contribution < 1.29 is 0 Å². The van der Waals surface area contributed by atoms with Gasteiger partial charge in [0.15, 0.2) is 0 Å². The standard InChI is InChI=1S/C21H25N7/c22-21(18-7-3-6-17(16-18)19-8-1-2-10-23-19)25-13-9-20(27-21)24-11-4-14-28-15-5-12-26-28/h1-3,5-10,12-13,16,24,26-27H,4,11,14-15,22H2. The molecule has 144 valence electrons. The van der Waals surface area contributed by atoms with E-state index < -0.39 is 5.79 Å². The van der Waals surface area contributed by atoms with E-state index in [-0.39, 0.29) is 0 Å². The fourth-order valence-electron chi connectivity index (χ4n) is 3.25. The molecule has 2 aliphatic rings. The van der Waals surface area contributed by atoms with Crippen molar-refractivity contribution in [1.82, 2.24) is 26.1 Å². The molecule has 4 rings (SSSR count). The zero-order chi connectivity index (χ0) is 19.2. The molecule has 0 saturated carbocycles. The molecule has 28 heavy (non-hydrogen) atoms. The summed E-state index contributed by atoms with van der Waals surface area (Å²) in [7, 11) is 0. The first kappa shape index (κ1) is 18.2. The minimum absolute atomic E-state index is 0.842. The van der Waals surface area contributed by atoms with Gasteiger partial charge in [-0.1, -0.05) is 30.3 Å². The summed E-state index contributed by atoms with van der Waals surface area (Å²) < 4.78 is 0. The number of hydrazine groups is 1.